The van der Waals surface area contributed by atoms with Gasteiger partial charge in [0.1, 0.15) is 0 Å². The van der Waals surface area contributed by atoms with Crippen LogP contribution in [0.3, 0.4) is 0 Å². The Hall–Kier alpha value is -0.350. The van der Waals surface area contributed by atoms with Gasteiger partial charge in [-0.2, -0.15) is 0 Å². The van der Waals surface area contributed by atoms with Gasteiger partial charge in [-0.25, -0.2) is 0 Å². The van der Waals surface area contributed by atoms with Gasteiger partial charge in [0.05, 0.1) is 6.17 Å². The number of nitrogens with two attached hydrogens (primary N) is 1. The van der Waals surface area contributed by atoms with E-state index in [-0.39, 0.29) is 6.17 Å². The average Bonchev–Trinajstić information content (AvgIpc) is 1.88. The first-order valence-electron chi connectivity index (χ1n) is 3.91. The maximum atomic E-state index is 5.33. The maximum absolute atomic E-state index is 5.33. The van der Waals surface area contributed by atoms with Crippen LogP contribution in [0, 0.1) is 0 Å². The standard InChI is InChI=1S/C7H17N3S/c1-4-10(5-2)6(3)9-7(8)11/h6H,4-5H2,1-3H3,(H3,8,9,11). The fourth-order valence-electron chi connectivity index (χ4n) is 1.07. The van der Waals surface area contributed by atoms with Gasteiger partial charge in [-0.15, -0.1) is 0 Å². The molecule has 0 heterocycles. The molecule has 3 nitrogen and oxygen atoms in total. The zero-order chi connectivity index (χ0) is 8.85. The number of rotatable bonds is 4. The molecule has 0 radical (unpaired) electrons. The fourth-order valence-corrected chi connectivity index (χ4v) is 1.24. The van der Waals surface area contributed by atoms with Crippen LogP contribution in [-0.2, 0) is 0 Å². The molecular formula is C7H17N3S. The van der Waals surface area contributed by atoms with Gasteiger partial charge in [0, 0.05) is 0 Å². The first kappa shape index (κ1) is 10.7. The van der Waals surface area contributed by atoms with Crippen LogP contribution in [0.5, 0.6) is 0 Å². The molecule has 0 saturated heterocycles. The lowest BCUT2D eigenvalue weighted by Gasteiger charge is -2.26. The molecule has 11 heavy (non-hydrogen) atoms. The van der Waals surface area contributed by atoms with Crippen molar-refractivity contribution in [1.82, 2.24) is 10.2 Å². The Labute approximate surface area is 73.9 Å². The third kappa shape index (κ3) is 4.16. The Morgan fingerprint density at radius 3 is 2.27 bits per heavy atom. The predicted molar refractivity (Wildman–Crippen MR) is 52.3 cm³/mol. The van der Waals surface area contributed by atoms with E-state index in [1.807, 2.05) is 6.92 Å². The molecule has 0 aliphatic carbocycles. The van der Waals surface area contributed by atoms with Gasteiger partial charge >= 0.3 is 0 Å². The van der Waals surface area contributed by atoms with Crippen LogP contribution in [0.15, 0.2) is 0 Å². The fraction of sp³-hybridized carbons (Fsp3) is 0.857. The minimum atomic E-state index is 0.238. The zero-order valence-corrected chi connectivity index (χ0v) is 8.24. The van der Waals surface area contributed by atoms with Crippen LogP contribution in [0.2, 0.25) is 0 Å². The summed E-state index contributed by atoms with van der Waals surface area (Å²) in [5.41, 5.74) is 5.33. The summed E-state index contributed by atoms with van der Waals surface area (Å²) < 4.78 is 0. The van der Waals surface area contributed by atoms with Crippen molar-refractivity contribution in [2.24, 2.45) is 5.73 Å². The second-order valence-electron chi connectivity index (χ2n) is 2.41. The van der Waals surface area contributed by atoms with Crippen LogP contribution in [0.1, 0.15) is 20.8 Å². The molecular weight excluding hydrogens is 158 g/mol. The smallest absolute Gasteiger partial charge is 0.164 e. The Morgan fingerprint density at radius 2 is 2.00 bits per heavy atom. The second-order valence-corrected chi connectivity index (χ2v) is 2.85. The van der Waals surface area contributed by atoms with Crippen molar-refractivity contribution in [1.29, 1.82) is 0 Å². The van der Waals surface area contributed by atoms with Crippen molar-refractivity contribution in [2.45, 2.75) is 26.9 Å². The molecule has 3 N–H and O–H groups in total. The summed E-state index contributed by atoms with van der Waals surface area (Å²) in [4.78, 5) is 2.24. The van der Waals surface area contributed by atoms with E-state index in [0.29, 0.717) is 5.11 Å². The summed E-state index contributed by atoms with van der Waals surface area (Å²) in [6, 6.07) is 0. The molecule has 0 fully saturated rings. The first-order valence-corrected chi connectivity index (χ1v) is 4.32. The van der Waals surface area contributed by atoms with Gasteiger partial charge in [-0.3, -0.25) is 4.90 Å². The Bertz CT molecular complexity index is 123. The van der Waals surface area contributed by atoms with Crippen molar-refractivity contribution in [3.63, 3.8) is 0 Å². The van der Waals surface area contributed by atoms with Gasteiger partial charge < -0.3 is 11.1 Å². The van der Waals surface area contributed by atoms with Gasteiger partial charge in [0.2, 0.25) is 0 Å². The summed E-state index contributed by atoms with van der Waals surface area (Å²) in [5.74, 6) is 0. The maximum Gasteiger partial charge on any atom is 0.164 e. The van der Waals surface area contributed by atoms with Crippen molar-refractivity contribution < 1.29 is 0 Å². The largest absolute Gasteiger partial charge is 0.376 e. The SMILES string of the molecule is CCN(CC)C(C)NC(N)=S. The second kappa shape index (κ2) is 5.32. The molecule has 1 unspecified atom stereocenters. The quantitative estimate of drug-likeness (QED) is 0.482. The molecule has 0 amide bonds. The van der Waals surface area contributed by atoms with Crippen LogP contribution in [-0.4, -0.2) is 29.3 Å². The van der Waals surface area contributed by atoms with E-state index >= 15 is 0 Å². The molecule has 0 rings (SSSR count). The molecule has 0 bridgehead atoms. The highest BCUT2D eigenvalue weighted by Gasteiger charge is 2.08. The summed E-state index contributed by atoms with van der Waals surface area (Å²) in [6.07, 6.45) is 0.238. The van der Waals surface area contributed by atoms with Gasteiger partial charge in [-0.05, 0) is 32.2 Å². The normalized spacial score (nSPS) is 13.1. The van der Waals surface area contributed by atoms with E-state index in [0.717, 1.165) is 13.1 Å². The summed E-state index contributed by atoms with van der Waals surface area (Å²) >= 11 is 4.73. The Morgan fingerprint density at radius 1 is 1.55 bits per heavy atom. The molecule has 4 heteroatoms. The highest BCUT2D eigenvalue weighted by Crippen LogP contribution is 1.92. The number of hydrogen-bond donors (Lipinski definition) is 2. The summed E-state index contributed by atoms with van der Waals surface area (Å²) in [5, 5.41) is 3.35. The monoisotopic (exact) mass is 175 g/mol. The minimum Gasteiger partial charge on any atom is -0.376 e. The first-order chi connectivity index (χ1) is 5.11. The lowest BCUT2D eigenvalue weighted by atomic mass is 10.4. The lowest BCUT2D eigenvalue weighted by molar-refractivity contribution is 0.218. The third-order valence-electron chi connectivity index (χ3n) is 1.71. The van der Waals surface area contributed by atoms with Crippen LogP contribution >= 0.6 is 12.2 Å². The molecule has 0 saturated carbocycles. The highest BCUT2D eigenvalue weighted by atomic mass is 32.1. The highest BCUT2D eigenvalue weighted by molar-refractivity contribution is 7.80. The van der Waals surface area contributed by atoms with Gasteiger partial charge in [0.15, 0.2) is 5.11 Å². The number of nitrogens with zero attached hydrogens (tertiary/aromatic N) is 1. The molecule has 0 aromatic carbocycles. The average molecular weight is 175 g/mol. The molecule has 0 spiro atoms. The molecule has 66 valence electrons. The van der Waals surface area contributed by atoms with Crippen molar-refractivity contribution >= 4 is 17.3 Å². The third-order valence-corrected chi connectivity index (χ3v) is 1.83. The van der Waals surface area contributed by atoms with Crippen molar-refractivity contribution in [2.75, 3.05) is 13.1 Å². The topological polar surface area (TPSA) is 41.3 Å². The van der Waals surface area contributed by atoms with Crippen molar-refractivity contribution in [3.05, 3.63) is 0 Å². The van der Waals surface area contributed by atoms with Crippen LogP contribution < -0.4 is 11.1 Å². The molecule has 0 aliphatic heterocycles. The van der Waals surface area contributed by atoms with Crippen molar-refractivity contribution in [3.8, 4) is 0 Å². The van der Waals surface area contributed by atoms with Gasteiger partial charge in [0.25, 0.3) is 0 Å². The summed E-state index contributed by atoms with van der Waals surface area (Å²) in [6.45, 7) is 8.29. The van der Waals surface area contributed by atoms with Gasteiger partial charge in [-0.1, -0.05) is 13.8 Å². The van der Waals surface area contributed by atoms with E-state index in [9.17, 15) is 0 Å². The van der Waals surface area contributed by atoms with E-state index in [2.05, 4.69) is 24.1 Å². The summed E-state index contributed by atoms with van der Waals surface area (Å²) in [7, 11) is 0. The predicted octanol–water partition coefficient (Wildman–Crippen LogP) is 0.507. The Balaban J connectivity index is 3.78. The van der Waals surface area contributed by atoms with E-state index in [4.69, 9.17) is 18.0 Å². The molecule has 0 aromatic heterocycles. The number of thiocarbonyl (C=S) groups is 1. The Kier molecular flexibility index (Phi) is 5.15. The minimum absolute atomic E-state index is 0.238. The molecule has 0 aromatic rings. The molecule has 1 atom stereocenters. The van der Waals surface area contributed by atoms with E-state index in [1.54, 1.807) is 0 Å². The van der Waals surface area contributed by atoms with Crippen LogP contribution in [0.4, 0.5) is 0 Å². The molecule has 0 aliphatic rings. The van der Waals surface area contributed by atoms with Crippen LogP contribution in [0.25, 0.3) is 0 Å². The van der Waals surface area contributed by atoms with E-state index < -0.39 is 0 Å². The number of hydrogen-bond acceptors (Lipinski definition) is 2. The zero-order valence-electron chi connectivity index (χ0n) is 7.42. The number of nitrogens with one attached hydrogen (secondary N) is 1. The lowest BCUT2D eigenvalue weighted by Crippen LogP contribution is -2.47. The van der Waals surface area contributed by atoms with E-state index in [1.165, 1.54) is 0 Å².